The molecule has 0 spiro atoms. The average molecular weight is 258 g/mol. The Morgan fingerprint density at radius 2 is 2.05 bits per heavy atom. The highest BCUT2D eigenvalue weighted by Gasteiger charge is 2.13. The second-order valence-electron chi connectivity index (χ2n) is 4.59. The molecule has 0 fully saturated rings. The summed E-state index contributed by atoms with van der Waals surface area (Å²) < 4.78 is 1.75. The molecule has 0 saturated heterocycles. The SMILES string of the molecule is Cc1nn(C)c(C)c1NC(=O)Cc1ccccc1N. The Morgan fingerprint density at radius 3 is 2.63 bits per heavy atom. The van der Waals surface area contributed by atoms with Gasteiger partial charge in [0.05, 0.1) is 23.5 Å². The van der Waals surface area contributed by atoms with Crippen molar-refractivity contribution in [3.8, 4) is 0 Å². The van der Waals surface area contributed by atoms with E-state index >= 15 is 0 Å². The molecule has 0 aliphatic heterocycles. The highest BCUT2D eigenvalue weighted by molar-refractivity contribution is 5.94. The van der Waals surface area contributed by atoms with Gasteiger partial charge in [0.2, 0.25) is 5.91 Å². The zero-order valence-electron chi connectivity index (χ0n) is 11.4. The van der Waals surface area contributed by atoms with Gasteiger partial charge in [-0.3, -0.25) is 9.48 Å². The molecule has 0 bridgehead atoms. The largest absolute Gasteiger partial charge is 0.398 e. The standard InChI is InChI=1S/C14H18N4O/c1-9-14(10(2)18(3)17-9)16-13(19)8-11-6-4-5-7-12(11)15/h4-7H,8,15H2,1-3H3,(H,16,19). The van der Waals surface area contributed by atoms with Crippen LogP contribution in [0.5, 0.6) is 0 Å². The van der Waals surface area contributed by atoms with Crippen LogP contribution >= 0.6 is 0 Å². The fourth-order valence-corrected chi connectivity index (χ4v) is 2.01. The number of aryl methyl sites for hydroxylation is 2. The summed E-state index contributed by atoms with van der Waals surface area (Å²) in [4.78, 5) is 12.0. The minimum Gasteiger partial charge on any atom is -0.398 e. The lowest BCUT2D eigenvalue weighted by atomic mass is 10.1. The number of nitrogens with one attached hydrogen (secondary N) is 1. The van der Waals surface area contributed by atoms with Crippen LogP contribution in [-0.2, 0) is 18.3 Å². The van der Waals surface area contributed by atoms with Crippen molar-refractivity contribution >= 4 is 17.3 Å². The number of amides is 1. The molecule has 3 N–H and O–H groups in total. The first-order chi connectivity index (χ1) is 8.99. The van der Waals surface area contributed by atoms with E-state index in [1.807, 2.05) is 39.1 Å². The third-order valence-corrected chi connectivity index (χ3v) is 3.18. The maximum atomic E-state index is 12.0. The summed E-state index contributed by atoms with van der Waals surface area (Å²) in [6, 6.07) is 7.38. The summed E-state index contributed by atoms with van der Waals surface area (Å²) in [7, 11) is 1.85. The number of anilines is 2. The second-order valence-corrected chi connectivity index (χ2v) is 4.59. The maximum absolute atomic E-state index is 12.0. The Morgan fingerprint density at radius 1 is 1.37 bits per heavy atom. The van der Waals surface area contributed by atoms with Crippen LogP contribution in [-0.4, -0.2) is 15.7 Å². The molecule has 1 amide bonds. The van der Waals surface area contributed by atoms with Gasteiger partial charge in [0.15, 0.2) is 0 Å². The van der Waals surface area contributed by atoms with Crippen molar-refractivity contribution in [1.29, 1.82) is 0 Å². The van der Waals surface area contributed by atoms with E-state index in [4.69, 9.17) is 5.73 Å². The van der Waals surface area contributed by atoms with Gasteiger partial charge in [-0.15, -0.1) is 0 Å². The quantitative estimate of drug-likeness (QED) is 0.824. The first kappa shape index (κ1) is 13.1. The number of hydrogen-bond donors (Lipinski definition) is 2. The summed E-state index contributed by atoms with van der Waals surface area (Å²) in [6.45, 7) is 3.80. The summed E-state index contributed by atoms with van der Waals surface area (Å²) in [6.07, 6.45) is 0.264. The van der Waals surface area contributed by atoms with Crippen molar-refractivity contribution in [2.45, 2.75) is 20.3 Å². The average Bonchev–Trinajstić information content (AvgIpc) is 2.59. The van der Waals surface area contributed by atoms with Crippen LogP contribution in [0.3, 0.4) is 0 Å². The van der Waals surface area contributed by atoms with E-state index in [1.54, 1.807) is 10.7 Å². The van der Waals surface area contributed by atoms with Crippen LogP contribution in [0.15, 0.2) is 24.3 Å². The van der Waals surface area contributed by atoms with Gasteiger partial charge in [-0.05, 0) is 25.5 Å². The Labute approximate surface area is 112 Å². The van der Waals surface area contributed by atoms with Crippen LogP contribution in [0.2, 0.25) is 0 Å². The van der Waals surface area contributed by atoms with E-state index in [2.05, 4.69) is 10.4 Å². The molecule has 0 radical (unpaired) electrons. The molecule has 0 aliphatic rings. The third kappa shape index (κ3) is 2.76. The number of nitrogens with zero attached hydrogens (tertiary/aromatic N) is 2. The first-order valence-corrected chi connectivity index (χ1v) is 6.12. The van der Waals surface area contributed by atoms with E-state index in [0.29, 0.717) is 5.69 Å². The first-order valence-electron chi connectivity index (χ1n) is 6.12. The van der Waals surface area contributed by atoms with E-state index in [0.717, 1.165) is 22.6 Å². The molecule has 1 aromatic heterocycles. The summed E-state index contributed by atoms with van der Waals surface area (Å²) >= 11 is 0. The van der Waals surface area contributed by atoms with Crippen LogP contribution in [0.1, 0.15) is 17.0 Å². The Kier molecular flexibility index (Phi) is 3.55. The zero-order chi connectivity index (χ0) is 14.0. The minimum absolute atomic E-state index is 0.0860. The van der Waals surface area contributed by atoms with E-state index < -0.39 is 0 Å². The molecular weight excluding hydrogens is 240 g/mol. The molecule has 0 saturated carbocycles. The minimum atomic E-state index is -0.0860. The van der Waals surface area contributed by atoms with Crippen LogP contribution < -0.4 is 11.1 Å². The third-order valence-electron chi connectivity index (χ3n) is 3.18. The van der Waals surface area contributed by atoms with Gasteiger partial charge in [0.1, 0.15) is 0 Å². The smallest absolute Gasteiger partial charge is 0.228 e. The molecule has 0 unspecified atom stereocenters. The Balaban J connectivity index is 2.12. The number of nitrogen functional groups attached to an aromatic ring is 1. The summed E-state index contributed by atoms with van der Waals surface area (Å²) in [5.74, 6) is -0.0860. The van der Waals surface area contributed by atoms with E-state index in [1.165, 1.54) is 0 Å². The van der Waals surface area contributed by atoms with Gasteiger partial charge in [-0.25, -0.2) is 0 Å². The summed E-state index contributed by atoms with van der Waals surface area (Å²) in [5.41, 5.74) is 9.83. The highest BCUT2D eigenvalue weighted by atomic mass is 16.1. The molecule has 100 valence electrons. The van der Waals surface area contributed by atoms with Gasteiger partial charge in [0.25, 0.3) is 0 Å². The predicted molar refractivity (Wildman–Crippen MR) is 75.9 cm³/mol. The van der Waals surface area contributed by atoms with Crippen LogP contribution in [0, 0.1) is 13.8 Å². The number of benzene rings is 1. The van der Waals surface area contributed by atoms with Crippen molar-refractivity contribution in [2.24, 2.45) is 7.05 Å². The number of hydrogen-bond acceptors (Lipinski definition) is 3. The number of carbonyl (C=O) groups excluding carboxylic acids is 1. The molecule has 19 heavy (non-hydrogen) atoms. The van der Waals surface area contributed by atoms with Crippen molar-refractivity contribution in [3.05, 3.63) is 41.2 Å². The van der Waals surface area contributed by atoms with Crippen molar-refractivity contribution in [2.75, 3.05) is 11.1 Å². The molecule has 1 heterocycles. The molecule has 2 aromatic rings. The molecule has 1 aromatic carbocycles. The van der Waals surface area contributed by atoms with Crippen molar-refractivity contribution in [1.82, 2.24) is 9.78 Å². The van der Waals surface area contributed by atoms with Crippen molar-refractivity contribution < 1.29 is 4.79 Å². The number of para-hydroxylation sites is 1. The lowest BCUT2D eigenvalue weighted by Crippen LogP contribution is -2.16. The molecule has 2 rings (SSSR count). The van der Waals surface area contributed by atoms with Gasteiger partial charge >= 0.3 is 0 Å². The molecule has 5 nitrogen and oxygen atoms in total. The fraction of sp³-hybridized carbons (Fsp3) is 0.286. The molecule has 5 heteroatoms. The number of carbonyl (C=O) groups is 1. The number of aromatic nitrogens is 2. The van der Waals surface area contributed by atoms with Crippen LogP contribution in [0.4, 0.5) is 11.4 Å². The molecular formula is C14H18N4O. The van der Waals surface area contributed by atoms with E-state index in [-0.39, 0.29) is 12.3 Å². The highest BCUT2D eigenvalue weighted by Crippen LogP contribution is 2.19. The van der Waals surface area contributed by atoms with Crippen LogP contribution in [0.25, 0.3) is 0 Å². The van der Waals surface area contributed by atoms with Gasteiger partial charge < -0.3 is 11.1 Å². The lowest BCUT2D eigenvalue weighted by molar-refractivity contribution is -0.115. The monoisotopic (exact) mass is 258 g/mol. The fourth-order valence-electron chi connectivity index (χ4n) is 2.01. The van der Waals surface area contributed by atoms with E-state index in [9.17, 15) is 4.79 Å². The lowest BCUT2D eigenvalue weighted by Gasteiger charge is -2.07. The second kappa shape index (κ2) is 5.14. The predicted octanol–water partition coefficient (Wildman–Crippen LogP) is 1.80. The van der Waals surface area contributed by atoms with Gasteiger partial charge in [0, 0.05) is 12.7 Å². The Hall–Kier alpha value is -2.30. The topological polar surface area (TPSA) is 72.9 Å². The molecule has 0 aliphatic carbocycles. The maximum Gasteiger partial charge on any atom is 0.228 e. The van der Waals surface area contributed by atoms with Crippen molar-refractivity contribution in [3.63, 3.8) is 0 Å². The zero-order valence-corrected chi connectivity index (χ0v) is 11.4. The Bertz CT molecular complexity index is 616. The van der Waals surface area contributed by atoms with Gasteiger partial charge in [-0.2, -0.15) is 5.10 Å². The molecule has 0 atom stereocenters. The number of rotatable bonds is 3. The number of nitrogens with two attached hydrogens (primary N) is 1. The van der Waals surface area contributed by atoms with Gasteiger partial charge in [-0.1, -0.05) is 18.2 Å². The summed E-state index contributed by atoms with van der Waals surface area (Å²) in [5, 5.41) is 7.16. The normalized spacial score (nSPS) is 10.5.